The van der Waals surface area contributed by atoms with Crippen molar-refractivity contribution in [2.24, 2.45) is 0 Å². The van der Waals surface area contributed by atoms with Gasteiger partial charge in [-0.25, -0.2) is 0 Å². The summed E-state index contributed by atoms with van der Waals surface area (Å²) in [7, 11) is 0. The maximum atomic E-state index is 9.64. The number of aliphatic hydroxyl groups excluding tert-OH is 2. The zero-order valence-corrected chi connectivity index (χ0v) is 9.21. The zero-order valence-electron chi connectivity index (χ0n) is 9.21. The normalized spacial score (nSPS) is 33.2. The third kappa shape index (κ3) is 2.04. The van der Waals surface area contributed by atoms with E-state index in [0.29, 0.717) is 6.61 Å². The standard InChI is InChI=1S/C12H17NO3/c1-2-16-12-9(10(14)11(12)15)13-8-6-4-3-5-7-8/h3-7,9-15H,2H2,1H3. The number of hydrogen-bond donors (Lipinski definition) is 3. The third-order valence-corrected chi connectivity index (χ3v) is 2.87. The second-order valence-electron chi connectivity index (χ2n) is 3.94. The van der Waals surface area contributed by atoms with E-state index < -0.39 is 12.2 Å². The number of nitrogens with one attached hydrogen (secondary N) is 1. The van der Waals surface area contributed by atoms with Crippen molar-refractivity contribution in [1.82, 2.24) is 0 Å². The average Bonchev–Trinajstić information content (AvgIpc) is 2.34. The van der Waals surface area contributed by atoms with Crippen LogP contribution in [0, 0.1) is 0 Å². The molecule has 0 bridgehead atoms. The Kier molecular flexibility index (Phi) is 3.43. The molecule has 1 aromatic carbocycles. The highest BCUT2D eigenvalue weighted by atomic mass is 16.5. The van der Waals surface area contributed by atoms with Crippen LogP contribution in [0.4, 0.5) is 5.69 Å². The summed E-state index contributed by atoms with van der Waals surface area (Å²) in [6.07, 6.45) is -1.89. The lowest BCUT2D eigenvalue weighted by Gasteiger charge is -2.46. The third-order valence-electron chi connectivity index (χ3n) is 2.87. The number of aliphatic hydroxyl groups is 2. The van der Waals surface area contributed by atoms with Crippen molar-refractivity contribution in [2.75, 3.05) is 11.9 Å². The van der Waals surface area contributed by atoms with Gasteiger partial charge in [0.15, 0.2) is 0 Å². The lowest BCUT2D eigenvalue weighted by molar-refractivity contribution is -0.175. The maximum Gasteiger partial charge on any atom is 0.110 e. The molecule has 1 aromatic rings. The minimum absolute atomic E-state index is 0.239. The molecule has 1 aliphatic carbocycles. The molecule has 0 aliphatic heterocycles. The molecule has 88 valence electrons. The molecule has 1 fully saturated rings. The monoisotopic (exact) mass is 223 g/mol. The molecular weight excluding hydrogens is 206 g/mol. The van der Waals surface area contributed by atoms with E-state index in [1.165, 1.54) is 0 Å². The van der Waals surface area contributed by atoms with E-state index in [2.05, 4.69) is 5.32 Å². The van der Waals surface area contributed by atoms with Crippen molar-refractivity contribution < 1.29 is 14.9 Å². The Bertz CT molecular complexity index is 330. The van der Waals surface area contributed by atoms with Gasteiger partial charge in [-0.3, -0.25) is 0 Å². The van der Waals surface area contributed by atoms with E-state index in [4.69, 9.17) is 4.74 Å². The molecule has 0 amide bonds. The van der Waals surface area contributed by atoms with Crippen LogP contribution in [0.15, 0.2) is 30.3 Å². The van der Waals surface area contributed by atoms with Crippen LogP contribution >= 0.6 is 0 Å². The van der Waals surface area contributed by atoms with Crippen LogP contribution in [0.1, 0.15) is 6.92 Å². The SMILES string of the molecule is CCOC1C(O)C(O)C1Nc1ccccc1. The summed E-state index contributed by atoms with van der Waals surface area (Å²) in [6, 6.07) is 9.36. The molecule has 4 atom stereocenters. The van der Waals surface area contributed by atoms with E-state index >= 15 is 0 Å². The second-order valence-corrected chi connectivity index (χ2v) is 3.94. The highest BCUT2D eigenvalue weighted by Gasteiger charge is 2.49. The van der Waals surface area contributed by atoms with Crippen LogP contribution in [0.3, 0.4) is 0 Å². The van der Waals surface area contributed by atoms with Crippen molar-refractivity contribution in [3.8, 4) is 0 Å². The fourth-order valence-electron chi connectivity index (χ4n) is 1.96. The van der Waals surface area contributed by atoms with Gasteiger partial charge in [-0.15, -0.1) is 0 Å². The van der Waals surface area contributed by atoms with Gasteiger partial charge >= 0.3 is 0 Å². The number of benzene rings is 1. The Morgan fingerprint density at radius 3 is 2.50 bits per heavy atom. The first kappa shape index (κ1) is 11.4. The Morgan fingerprint density at radius 2 is 1.88 bits per heavy atom. The van der Waals surface area contributed by atoms with Crippen molar-refractivity contribution in [3.63, 3.8) is 0 Å². The molecule has 4 nitrogen and oxygen atoms in total. The predicted octanol–water partition coefficient (Wildman–Crippen LogP) is 0.608. The fourth-order valence-corrected chi connectivity index (χ4v) is 1.96. The van der Waals surface area contributed by atoms with Gasteiger partial charge in [0.2, 0.25) is 0 Å². The zero-order chi connectivity index (χ0) is 11.5. The summed E-state index contributed by atoms with van der Waals surface area (Å²) in [5, 5.41) is 22.3. The average molecular weight is 223 g/mol. The lowest BCUT2D eigenvalue weighted by Crippen LogP contribution is -2.67. The summed E-state index contributed by atoms with van der Waals surface area (Å²) in [4.78, 5) is 0. The quantitative estimate of drug-likeness (QED) is 0.700. The molecule has 1 aliphatic rings. The minimum atomic E-state index is -0.791. The van der Waals surface area contributed by atoms with E-state index in [9.17, 15) is 10.2 Å². The number of anilines is 1. The summed E-state index contributed by atoms with van der Waals surface area (Å²) in [6.45, 7) is 2.40. The second kappa shape index (κ2) is 4.82. The van der Waals surface area contributed by atoms with Gasteiger partial charge in [-0.05, 0) is 19.1 Å². The minimum Gasteiger partial charge on any atom is -0.388 e. The van der Waals surface area contributed by atoms with Gasteiger partial charge in [0.25, 0.3) is 0 Å². The first-order valence-corrected chi connectivity index (χ1v) is 5.53. The number of rotatable bonds is 4. The summed E-state index contributed by atoms with van der Waals surface area (Å²) >= 11 is 0. The van der Waals surface area contributed by atoms with E-state index in [1.807, 2.05) is 37.3 Å². The van der Waals surface area contributed by atoms with Gasteiger partial charge in [0.1, 0.15) is 18.3 Å². The molecule has 2 rings (SSSR count). The topological polar surface area (TPSA) is 61.7 Å². The van der Waals surface area contributed by atoms with Gasteiger partial charge in [-0.1, -0.05) is 18.2 Å². The summed E-state index contributed by atoms with van der Waals surface area (Å²) < 4.78 is 5.37. The molecule has 0 heterocycles. The smallest absolute Gasteiger partial charge is 0.110 e. The van der Waals surface area contributed by atoms with Crippen LogP contribution in [0.25, 0.3) is 0 Å². The van der Waals surface area contributed by atoms with E-state index in [-0.39, 0.29) is 12.1 Å². The van der Waals surface area contributed by atoms with Crippen molar-refractivity contribution in [3.05, 3.63) is 30.3 Å². The summed E-state index contributed by atoms with van der Waals surface area (Å²) in [5.41, 5.74) is 0.920. The molecule has 16 heavy (non-hydrogen) atoms. The Morgan fingerprint density at radius 1 is 1.19 bits per heavy atom. The van der Waals surface area contributed by atoms with Gasteiger partial charge < -0.3 is 20.3 Å². The predicted molar refractivity (Wildman–Crippen MR) is 61.3 cm³/mol. The van der Waals surface area contributed by atoms with Crippen LogP contribution in [-0.2, 0) is 4.74 Å². The van der Waals surface area contributed by atoms with Gasteiger partial charge in [0, 0.05) is 12.3 Å². The Labute approximate surface area is 94.9 Å². The maximum absolute atomic E-state index is 9.64. The van der Waals surface area contributed by atoms with Crippen LogP contribution in [0.2, 0.25) is 0 Å². The molecule has 0 spiro atoms. The first-order valence-electron chi connectivity index (χ1n) is 5.53. The van der Waals surface area contributed by atoms with Crippen LogP contribution in [-0.4, -0.2) is 41.2 Å². The van der Waals surface area contributed by atoms with Gasteiger partial charge in [-0.2, -0.15) is 0 Å². The first-order chi connectivity index (χ1) is 7.74. The number of para-hydroxylation sites is 1. The molecule has 3 N–H and O–H groups in total. The Hall–Kier alpha value is -1.10. The van der Waals surface area contributed by atoms with E-state index in [1.54, 1.807) is 0 Å². The van der Waals surface area contributed by atoms with Crippen molar-refractivity contribution in [2.45, 2.75) is 31.3 Å². The largest absolute Gasteiger partial charge is 0.388 e. The fraction of sp³-hybridized carbons (Fsp3) is 0.500. The van der Waals surface area contributed by atoms with Gasteiger partial charge in [0.05, 0.1) is 6.04 Å². The highest BCUT2D eigenvalue weighted by Crippen LogP contribution is 2.28. The molecule has 0 radical (unpaired) electrons. The lowest BCUT2D eigenvalue weighted by atomic mass is 9.81. The molecule has 4 heteroatoms. The van der Waals surface area contributed by atoms with Crippen LogP contribution < -0.4 is 5.32 Å². The van der Waals surface area contributed by atoms with Crippen molar-refractivity contribution in [1.29, 1.82) is 0 Å². The molecule has 0 saturated heterocycles. The number of ether oxygens (including phenoxy) is 1. The highest BCUT2D eigenvalue weighted by molar-refractivity contribution is 5.45. The van der Waals surface area contributed by atoms with Crippen molar-refractivity contribution >= 4 is 5.69 Å². The molecule has 0 aromatic heterocycles. The summed E-state index contributed by atoms with van der Waals surface area (Å²) in [5.74, 6) is 0. The number of hydrogen-bond acceptors (Lipinski definition) is 4. The van der Waals surface area contributed by atoms with E-state index in [0.717, 1.165) is 5.69 Å². The Balaban J connectivity index is 1.99. The molecule has 1 saturated carbocycles. The van der Waals surface area contributed by atoms with Crippen LogP contribution in [0.5, 0.6) is 0 Å². The molecule has 4 unspecified atom stereocenters. The molecular formula is C12H17NO3.